The molecule has 1 aromatic carbocycles. The number of hydrogen-bond acceptors (Lipinski definition) is 2. The minimum atomic E-state index is -0.689. The van der Waals surface area contributed by atoms with E-state index in [9.17, 15) is 9.90 Å². The summed E-state index contributed by atoms with van der Waals surface area (Å²) in [6.07, 6.45) is 4.54. The Labute approximate surface area is 131 Å². The normalized spacial score (nSPS) is 16.7. The van der Waals surface area contributed by atoms with E-state index in [2.05, 4.69) is 23.7 Å². The molecule has 0 unspecified atom stereocenters. The molecule has 2 aromatic rings. The van der Waals surface area contributed by atoms with Crippen molar-refractivity contribution in [3.05, 3.63) is 36.0 Å². The molecule has 22 heavy (non-hydrogen) atoms. The van der Waals surface area contributed by atoms with E-state index < -0.39 is 5.60 Å². The predicted octanol–water partition coefficient (Wildman–Crippen LogP) is 2.94. The second-order valence-electron chi connectivity index (χ2n) is 6.87. The number of nitrogens with one attached hydrogen (secondary N) is 1. The Morgan fingerprint density at radius 3 is 2.73 bits per heavy atom. The topological polar surface area (TPSA) is 54.3 Å². The highest BCUT2D eigenvalue weighted by molar-refractivity contribution is 6.07. The number of hydrogen-bond donors (Lipinski definition) is 2. The van der Waals surface area contributed by atoms with Gasteiger partial charge in [0.25, 0.3) is 5.91 Å². The number of fused-ring (bicyclic) bond motifs is 1. The summed E-state index contributed by atoms with van der Waals surface area (Å²) in [7, 11) is 0. The molecule has 2 N–H and O–H groups in total. The van der Waals surface area contributed by atoms with Gasteiger partial charge < -0.3 is 15.0 Å². The number of rotatable bonds is 5. The number of aliphatic hydroxyl groups is 1. The summed E-state index contributed by atoms with van der Waals surface area (Å²) in [4.78, 5) is 12.5. The van der Waals surface area contributed by atoms with Crippen LogP contribution < -0.4 is 5.32 Å². The highest BCUT2D eigenvalue weighted by Gasteiger charge is 2.34. The third-order valence-electron chi connectivity index (χ3n) is 4.46. The van der Waals surface area contributed by atoms with Gasteiger partial charge in [-0.25, -0.2) is 0 Å². The average Bonchev–Trinajstić information content (AvgIpc) is 2.81. The fourth-order valence-electron chi connectivity index (χ4n) is 3.07. The van der Waals surface area contributed by atoms with Crippen LogP contribution >= 0.6 is 0 Å². The van der Waals surface area contributed by atoms with Gasteiger partial charge in [-0.2, -0.15) is 0 Å². The molecule has 4 nitrogen and oxygen atoms in total. The van der Waals surface area contributed by atoms with Crippen molar-refractivity contribution in [3.8, 4) is 0 Å². The Hall–Kier alpha value is -1.81. The fourth-order valence-corrected chi connectivity index (χ4v) is 3.07. The summed E-state index contributed by atoms with van der Waals surface area (Å²) >= 11 is 0. The molecule has 1 aliphatic rings. The maximum atomic E-state index is 12.5. The molecule has 0 aliphatic heterocycles. The van der Waals surface area contributed by atoms with E-state index in [0.29, 0.717) is 18.0 Å². The van der Waals surface area contributed by atoms with Gasteiger partial charge in [-0.05, 0) is 31.2 Å². The summed E-state index contributed by atoms with van der Waals surface area (Å²) in [5, 5.41) is 14.0. The number of benzene rings is 1. The van der Waals surface area contributed by atoms with Crippen LogP contribution in [0.15, 0.2) is 30.5 Å². The minimum absolute atomic E-state index is 0.0981. The van der Waals surface area contributed by atoms with Crippen molar-refractivity contribution < 1.29 is 9.90 Å². The molecule has 1 aromatic heterocycles. The molecule has 0 saturated heterocycles. The third-order valence-corrected chi connectivity index (χ3v) is 4.46. The standard InChI is InChI=1S/C18H24N2O2/c1-13(2)10-20-11-15(14-6-3-4-7-16(14)20)17(21)19-12-18(22)8-5-9-18/h3-4,6-7,11,13,22H,5,8-10,12H2,1-2H3,(H,19,21). The predicted molar refractivity (Wildman–Crippen MR) is 87.9 cm³/mol. The molecule has 0 atom stereocenters. The Morgan fingerprint density at radius 2 is 2.09 bits per heavy atom. The highest BCUT2D eigenvalue weighted by atomic mass is 16.3. The number of carbonyl (C=O) groups excluding carboxylic acids is 1. The zero-order chi connectivity index (χ0) is 15.7. The quantitative estimate of drug-likeness (QED) is 0.892. The van der Waals surface area contributed by atoms with Gasteiger partial charge >= 0.3 is 0 Å². The summed E-state index contributed by atoms with van der Waals surface area (Å²) in [5.41, 5.74) is 1.09. The number of nitrogens with zero attached hydrogens (tertiary/aromatic N) is 1. The third kappa shape index (κ3) is 2.88. The summed E-state index contributed by atoms with van der Waals surface area (Å²) < 4.78 is 2.15. The summed E-state index contributed by atoms with van der Waals surface area (Å²) in [6, 6.07) is 7.99. The lowest BCUT2D eigenvalue weighted by Crippen LogP contribution is -2.47. The van der Waals surface area contributed by atoms with Crippen LogP contribution in [0.3, 0.4) is 0 Å². The second-order valence-corrected chi connectivity index (χ2v) is 6.87. The van der Waals surface area contributed by atoms with Crippen LogP contribution in [0.5, 0.6) is 0 Å². The Balaban J connectivity index is 1.84. The van der Waals surface area contributed by atoms with Crippen LogP contribution in [0.4, 0.5) is 0 Å². The van der Waals surface area contributed by atoms with Crippen LogP contribution in [-0.4, -0.2) is 27.7 Å². The van der Waals surface area contributed by atoms with Crippen molar-refractivity contribution in [2.75, 3.05) is 6.54 Å². The first-order valence-electron chi connectivity index (χ1n) is 8.07. The van der Waals surface area contributed by atoms with E-state index in [1.807, 2.05) is 30.5 Å². The number of amides is 1. The average molecular weight is 300 g/mol. The zero-order valence-corrected chi connectivity index (χ0v) is 13.3. The van der Waals surface area contributed by atoms with Gasteiger partial charge in [-0.1, -0.05) is 32.0 Å². The van der Waals surface area contributed by atoms with E-state index in [1.54, 1.807) is 0 Å². The van der Waals surface area contributed by atoms with Crippen molar-refractivity contribution in [2.24, 2.45) is 5.92 Å². The highest BCUT2D eigenvalue weighted by Crippen LogP contribution is 2.31. The van der Waals surface area contributed by atoms with Gasteiger partial charge in [0.05, 0.1) is 11.2 Å². The first-order valence-corrected chi connectivity index (χ1v) is 8.07. The molecule has 3 rings (SSSR count). The first kappa shape index (κ1) is 15.1. The summed E-state index contributed by atoms with van der Waals surface area (Å²) in [6.45, 7) is 5.56. The monoisotopic (exact) mass is 300 g/mol. The molecule has 1 saturated carbocycles. The van der Waals surface area contributed by atoms with E-state index in [-0.39, 0.29) is 5.91 Å². The van der Waals surface area contributed by atoms with Crippen LogP contribution in [0.2, 0.25) is 0 Å². The van der Waals surface area contributed by atoms with E-state index in [0.717, 1.165) is 36.7 Å². The van der Waals surface area contributed by atoms with E-state index in [4.69, 9.17) is 0 Å². The SMILES string of the molecule is CC(C)Cn1cc(C(=O)NCC2(O)CCC2)c2ccccc21. The molecule has 0 spiro atoms. The molecule has 118 valence electrons. The molecular formula is C18H24N2O2. The van der Waals surface area contributed by atoms with Gasteiger partial charge in [-0.3, -0.25) is 4.79 Å². The van der Waals surface area contributed by atoms with Crippen LogP contribution in [0.25, 0.3) is 10.9 Å². The van der Waals surface area contributed by atoms with Gasteiger partial charge in [0.2, 0.25) is 0 Å². The first-order chi connectivity index (χ1) is 10.5. The molecular weight excluding hydrogens is 276 g/mol. The number of carbonyl (C=O) groups is 1. The second kappa shape index (κ2) is 5.76. The van der Waals surface area contributed by atoms with Gasteiger partial charge in [-0.15, -0.1) is 0 Å². The van der Waals surface area contributed by atoms with Crippen LogP contribution in [0, 0.1) is 5.92 Å². The van der Waals surface area contributed by atoms with Crippen molar-refractivity contribution in [2.45, 2.75) is 45.3 Å². The maximum Gasteiger partial charge on any atom is 0.253 e. The molecule has 1 amide bonds. The van der Waals surface area contributed by atoms with Gasteiger partial charge in [0.1, 0.15) is 0 Å². The van der Waals surface area contributed by atoms with Crippen molar-refractivity contribution >= 4 is 16.8 Å². The van der Waals surface area contributed by atoms with Gasteiger partial charge in [0, 0.05) is 30.2 Å². The van der Waals surface area contributed by atoms with E-state index in [1.165, 1.54) is 0 Å². The molecule has 1 heterocycles. The van der Waals surface area contributed by atoms with Crippen molar-refractivity contribution in [1.82, 2.24) is 9.88 Å². The molecule has 4 heteroatoms. The van der Waals surface area contributed by atoms with Crippen molar-refractivity contribution in [3.63, 3.8) is 0 Å². The molecule has 0 bridgehead atoms. The van der Waals surface area contributed by atoms with Crippen molar-refractivity contribution in [1.29, 1.82) is 0 Å². The summed E-state index contributed by atoms with van der Waals surface area (Å²) in [5.74, 6) is 0.418. The lowest BCUT2D eigenvalue weighted by molar-refractivity contribution is -0.0300. The minimum Gasteiger partial charge on any atom is -0.388 e. The van der Waals surface area contributed by atoms with E-state index >= 15 is 0 Å². The molecule has 0 radical (unpaired) electrons. The lowest BCUT2D eigenvalue weighted by atomic mass is 9.80. The Kier molecular flexibility index (Phi) is 3.96. The lowest BCUT2D eigenvalue weighted by Gasteiger charge is -2.36. The fraction of sp³-hybridized carbons (Fsp3) is 0.500. The number of aromatic nitrogens is 1. The van der Waals surface area contributed by atoms with Crippen LogP contribution in [0.1, 0.15) is 43.5 Å². The molecule has 1 aliphatic carbocycles. The molecule has 1 fully saturated rings. The number of para-hydroxylation sites is 1. The largest absolute Gasteiger partial charge is 0.388 e. The van der Waals surface area contributed by atoms with Gasteiger partial charge in [0.15, 0.2) is 0 Å². The Morgan fingerprint density at radius 1 is 1.36 bits per heavy atom. The smallest absolute Gasteiger partial charge is 0.253 e. The Bertz CT molecular complexity index is 683. The zero-order valence-electron chi connectivity index (χ0n) is 13.3. The maximum absolute atomic E-state index is 12.5. The van der Waals surface area contributed by atoms with Crippen LogP contribution in [-0.2, 0) is 6.54 Å².